The maximum absolute atomic E-state index is 12.1. The number of aromatic amines is 1. The fourth-order valence-corrected chi connectivity index (χ4v) is 1.88. The number of H-pyrrole nitrogens is 1. The van der Waals surface area contributed by atoms with E-state index in [9.17, 15) is 9.59 Å². The van der Waals surface area contributed by atoms with Crippen LogP contribution in [0, 0.1) is 6.92 Å². The van der Waals surface area contributed by atoms with Gasteiger partial charge in [-0.3, -0.25) is 14.7 Å². The van der Waals surface area contributed by atoms with E-state index in [-0.39, 0.29) is 11.7 Å². The molecule has 1 heterocycles. The van der Waals surface area contributed by atoms with Gasteiger partial charge >= 0.3 is 0 Å². The molecule has 0 spiro atoms. The Bertz CT molecular complexity index is 678. The summed E-state index contributed by atoms with van der Waals surface area (Å²) in [4.78, 5) is 27.9. The minimum atomic E-state index is -0.414. The van der Waals surface area contributed by atoms with E-state index in [1.165, 1.54) is 0 Å². The molecule has 110 valence electrons. The number of rotatable bonds is 4. The van der Waals surface area contributed by atoms with Crippen molar-refractivity contribution in [3.8, 4) is 0 Å². The van der Waals surface area contributed by atoms with E-state index in [1.807, 2.05) is 6.92 Å². The van der Waals surface area contributed by atoms with E-state index in [0.717, 1.165) is 0 Å². The maximum atomic E-state index is 12.1. The Morgan fingerprint density at radius 2 is 2.05 bits per heavy atom. The van der Waals surface area contributed by atoms with Crippen molar-refractivity contribution < 1.29 is 9.59 Å². The minimum Gasteiger partial charge on any atom is -0.355 e. The van der Waals surface area contributed by atoms with Crippen LogP contribution in [0.4, 0.5) is 5.69 Å². The van der Waals surface area contributed by atoms with Crippen LogP contribution < -0.4 is 10.6 Å². The second kappa shape index (κ2) is 6.17. The van der Waals surface area contributed by atoms with Crippen LogP contribution in [-0.2, 0) is 6.42 Å². The fraction of sp³-hybridized carbons (Fsp3) is 0.286. The zero-order chi connectivity index (χ0) is 15.4. The molecule has 0 atom stereocenters. The number of aromatic nitrogens is 3. The Hall–Kier alpha value is -2.70. The van der Waals surface area contributed by atoms with Crippen LogP contribution in [0.3, 0.4) is 0 Å². The standard InChI is InChI=1S/C14H17N5O2/c1-4-11-17-12(19-18-11)14(21)16-10-7-5-6-9(8(10)2)13(20)15-3/h5-7H,4H2,1-3H3,(H,15,20)(H,16,21)(H,17,18,19). The molecule has 0 saturated carbocycles. The van der Waals surface area contributed by atoms with E-state index in [4.69, 9.17) is 0 Å². The molecular weight excluding hydrogens is 270 g/mol. The molecule has 2 rings (SSSR count). The van der Waals surface area contributed by atoms with Crippen molar-refractivity contribution in [1.82, 2.24) is 20.5 Å². The number of carbonyl (C=O) groups is 2. The summed E-state index contributed by atoms with van der Waals surface area (Å²) in [6.45, 7) is 3.69. The molecule has 0 aliphatic carbocycles. The lowest BCUT2D eigenvalue weighted by molar-refractivity contribution is 0.0960. The summed E-state index contributed by atoms with van der Waals surface area (Å²) < 4.78 is 0. The van der Waals surface area contributed by atoms with Gasteiger partial charge in [-0.1, -0.05) is 13.0 Å². The number of benzene rings is 1. The number of nitrogens with zero attached hydrogens (tertiary/aromatic N) is 2. The van der Waals surface area contributed by atoms with Crippen LogP contribution in [0.25, 0.3) is 0 Å². The van der Waals surface area contributed by atoms with Crippen molar-refractivity contribution in [2.45, 2.75) is 20.3 Å². The second-order valence-corrected chi connectivity index (χ2v) is 4.47. The molecule has 0 fully saturated rings. The topological polar surface area (TPSA) is 99.8 Å². The first kappa shape index (κ1) is 14.7. The van der Waals surface area contributed by atoms with Gasteiger partial charge in [-0.2, -0.15) is 0 Å². The van der Waals surface area contributed by atoms with Crippen molar-refractivity contribution in [2.75, 3.05) is 12.4 Å². The zero-order valence-electron chi connectivity index (χ0n) is 12.2. The van der Waals surface area contributed by atoms with E-state index >= 15 is 0 Å². The molecular formula is C14H17N5O2. The number of carbonyl (C=O) groups excluding carboxylic acids is 2. The van der Waals surface area contributed by atoms with Gasteiger partial charge in [0.05, 0.1) is 0 Å². The molecule has 0 aliphatic heterocycles. The number of aryl methyl sites for hydroxylation is 1. The predicted octanol–water partition coefficient (Wildman–Crippen LogP) is 1.29. The van der Waals surface area contributed by atoms with Gasteiger partial charge < -0.3 is 10.6 Å². The lowest BCUT2D eigenvalue weighted by Gasteiger charge is -2.10. The third kappa shape index (κ3) is 3.07. The minimum absolute atomic E-state index is 0.0802. The number of anilines is 1. The van der Waals surface area contributed by atoms with E-state index in [0.29, 0.717) is 29.1 Å². The largest absolute Gasteiger partial charge is 0.355 e. The molecule has 2 aromatic rings. The third-order valence-electron chi connectivity index (χ3n) is 3.12. The van der Waals surface area contributed by atoms with Crippen LogP contribution in [0.15, 0.2) is 18.2 Å². The molecule has 1 aromatic carbocycles. The highest BCUT2D eigenvalue weighted by Gasteiger charge is 2.15. The fourth-order valence-electron chi connectivity index (χ4n) is 1.88. The highest BCUT2D eigenvalue weighted by atomic mass is 16.2. The van der Waals surface area contributed by atoms with Gasteiger partial charge in [-0.05, 0) is 24.6 Å². The summed E-state index contributed by atoms with van der Waals surface area (Å²) in [5.74, 6) is 0.116. The Morgan fingerprint density at radius 1 is 1.29 bits per heavy atom. The summed E-state index contributed by atoms with van der Waals surface area (Å²) in [6.07, 6.45) is 0.672. The molecule has 0 bridgehead atoms. The molecule has 0 aliphatic rings. The van der Waals surface area contributed by atoms with Crippen LogP contribution in [0.5, 0.6) is 0 Å². The van der Waals surface area contributed by atoms with E-state index in [2.05, 4.69) is 25.8 Å². The second-order valence-electron chi connectivity index (χ2n) is 4.47. The number of hydrogen-bond donors (Lipinski definition) is 3. The molecule has 0 saturated heterocycles. The Kier molecular flexibility index (Phi) is 4.32. The van der Waals surface area contributed by atoms with Gasteiger partial charge in [-0.25, -0.2) is 4.98 Å². The molecule has 7 heteroatoms. The Morgan fingerprint density at radius 3 is 2.67 bits per heavy atom. The van der Waals surface area contributed by atoms with Crippen molar-refractivity contribution >= 4 is 17.5 Å². The predicted molar refractivity (Wildman–Crippen MR) is 78.3 cm³/mol. The smallest absolute Gasteiger partial charge is 0.295 e. The summed E-state index contributed by atoms with van der Waals surface area (Å²) in [5, 5.41) is 11.8. The summed E-state index contributed by atoms with van der Waals surface area (Å²) in [6, 6.07) is 5.14. The lowest BCUT2D eigenvalue weighted by Crippen LogP contribution is -2.20. The number of hydrogen-bond acceptors (Lipinski definition) is 4. The molecule has 0 radical (unpaired) electrons. The van der Waals surface area contributed by atoms with Gasteiger partial charge in [0.25, 0.3) is 11.8 Å². The number of nitrogens with one attached hydrogen (secondary N) is 3. The average molecular weight is 287 g/mol. The molecule has 21 heavy (non-hydrogen) atoms. The molecule has 3 N–H and O–H groups in total. The van der Waals surface area contributed by atoms with Gasteiger partial charge in [0.2, 0.25) is 5.82 Å². The molecule has 2 amide bonds. The van der Waals surface area contributed by atoms with Crippen molar-refractivity contribution in [3.05, 3.63) is 41.0 Å². The van der Waals surface area contributed by atoms with E-state index < -0.39 is 5.91 Å². The summed E-state index contributed by atoms with van der Waals surface area (Å²) >= 11 is 0. The van der Waals surface area contributed by atoms with Crippen LogP contribution in [-0.4, -0.2) is 34.0 Å². The van der Waals surface area contributed by atoms with Gasteiger partial charge in [0.15, 0.2) is 0 Å². The van der Waals surface area contributed by atoms with Gasteiger partial charge in [0, 0.05) is 24.7 Å². The first-order chi connectivity index (χ1) is 10.1. The van der Waals surface area contributed by atoms with Gasteiger partial charge in [-0.15, -0.1) is 5.10 Å². The summed E-state index contributed by atoms with van der Waals surface area (Å²) in [7, 11) is 1.56. The summed E-state index contributed by atoms with van der Waals surface area (Å²) in [5.41, 5.74) is 1.76. The Labute approximate surface area is 122 Å². The molecule has 1 aromatic heterocycles. The highest BCUT2D eigenvalue weighted by Crippen LogP contribution is 2.19. The Balaban J connectivity index is 2.23. The highest BCUT2D eigenvalue weighted by molar-refractivity contribution is 6.03. The lowest BCUT2D eigenvalue weighted by atomic mass is 10.1. The van der Waals surface area contributed by atoms with Crippen molar-refractivity contribution in [2.24, 2.45) is 0 Å². The van der Waals surface area contributed by atoms with Crippen molar-refractivity contribution in [1.29, 1.82) is 0 Å². The first-order valence-electron chi connectivity index (χ1n) is 6.61. The van der Waals surface area contributed by atoms with Crippen molar-refractivity contribution in [3.63, 3.8) is 0 Å². The quantitative estimate of drug-likeness (QED) is 0.788. The first-order valence-corrected chi connectivity index (χ1v) is 6.61. The van der Waals surface area contributed by atoms with Gasteiger partial charge in [0.1, 0.15) is 5.82 Å². The average Bonchev–Trinajstić information content (AvgIpc) is 2.97. The normalized spacial score (nSPS) is 10.2. The van der Waals surface area contributed by atoms with Crippen LogP contribution in [0.2, 0.25) is 0 Å². The monoisotopic (exact) mass is 287 g/mol. The molecule has 7 nitrogen and oxygen atoms in total. The van der Waals surface area contributed by atoms with Crippen LogP contribution >= 0.6 is 0 Å². The molecule has 0 unspecified atom stereocenters. The van der Waals surface area contributed by atoms with E-state index in [1.54, 1.807) is 32.2 Å². The zero-order valence-corrected chi connectivity index (χ0v) is 12.2. The number of amides is 2. The third-order valence-corrected chi connectivity index (χ3v) is 3.12. The van der Waals surface area contributed by atoms with Crippen LogP contribution in [0.1, 0.15) is 39.3 Å². The SMILES string of the molecule is CCc1nc(C(=O)Nc2cccc(C(=O)NC)c2C)n[nH]1. The maximum Gasteiger partial charge on any atom is 0.295 e.